The van der Waals surface area contributed by atoms with Crippen molar-refractivity contribution in [3.63, 3.8) is 0 Å². The van der Waals surface area contributed by atoms with Crippen molar-refractivity contribution < 1.29 is 0 Å². The molecule has 60 valence electrons. The average molecular weight is 141 g/mol. The van der Waals surface area contributed by atoms with E-state index in [1.807, 2.05) is 0 Å². The molecule has 2 rings (SSSR count). The van der Waals surface area contributed by atoms with Gasteiger partial charge in [0.15, 0.2) is 0 Å². The van der Waals surface area contributed by atoms with Gasteiger partial charge >= 0.3 is 0 Å². The summed E-state index contributed by atoms with van der Waals surface area (Å²) in [6.07, 6.45) is 7.45. The quantitative estimate of drug-likeness (QED) is 0.545. The van der Waals surface area contributed by atoms with Crippen LogP contribution in [0.5, 0.6) is 0 Å². The fraction of sp³-hybridized carbons (Fsp3) is 1.00. The zero-order valence-corrected chi connectivity index (χ0v) is 5.95. The summed E-state index contributed by atoms with van der Waals surface area (Å²) >= 11 is 0. The number of hydrogen-bond acceptors (Lipinski definition) is 1. The van der Waals surface area contributed by atoms with Crippen molar-refractivity contribution in [2.24, 2.45) is 5.41 Å². The lowest BCUT2D eigenvalue weighted by Crippen LogP contribution is -2.40. The van der Waals surface area contributed by atoms with Gasteiger partial charge in [-0.15, -0.1) is 0 Å². The molecule has 1 heterocycles. The zero-order valence-electron chi connectivity index (χ0n) is 5.95. The second-order valence-electron chi connectivity index (χ2n) is 3.60. The van der Waals surface area contributed by atoms with Gasteiger partial charge in [-0.05, 0) is 44.2 Å². The first kappa shape index (κ1) is 8.06. The van der Waals surface area contributed by atoms with Gasteiger partial charge in [0.2, 0.25) is 0 Å². The Morgan fingerprint density at radius 3 is 1.80 bits per heavy atom. The number of hydrogen-bond donors (Lipinski definition) is 1. The normalized spacial score (nSPS) is 28.8. The second kappa shape index (κ2) is 2.91. The number of rotatable bonds is 0. The van der Waals surface area contributed by atoms with Crippen LogP contribution in [-0.4, -0.2) is 13.1 Å². The molecule has 0 aromatic carbocycles. The Bertz CT molecular complexity index is 97.3. The molecule has 1 saturated carbocycles. The first-order chi connectivity index (χ1) is 4.41. The third kappa shape index (κ3) is 1.20. The Labute approximate surface area is 64.2 Å². The highest BCUT2D eigenvalue weighted by Crippen LogP contribution is 2.47. The number of piperidine rings is 1. The second-order valence-corrected chi connectivity index (χ2v) is 3.60. The minimum atomic E-state index is 0. The minimum Gasteiger partial charge on any atom is -0.317 e. The van der Waals surface area contributed by atoms with Crippen LogP contribution in [0.4, 0.5) is 0 Å². The van der Waals surface area contributed by atoms with Gasteiger partial charge in [0.25, 0.3) is 0 Å². The van der Waals surface area contributed by atoms with Crippen LogP contribution in [0.1, 0.15) is 39.5 Å². The third-order valence-electron chi connectivity index (χ3n) is 3.08. The van der Waals surface area contributed by atoms with E-state index in [0.29, 0.717) is 0 Å². The summed E-state index contributed by atoms with van der Waals surface area (Å²) in [4.78, 5) is 0. The van der Waals surface area contributed by atoms with Gasteiger partial charge in [0.1, 0.15) is 0 Å². The Balaban J connectivity index is 0.000000500. The monoisotopic (exact) mass is 141 g/mol. The summed E-state index contributed by atoms with van der Waals surface area (Å²) in [5, 5.41) is 3.41. The van der Waals surface area contributed by atoms with Gasteiger partial charge in [0, 0.05) is 0 Å². The van der Waals surface area contributed by atoms with E-state index in [9.17, 15) is 0 Å². The van der Waals surface area contributed by atoms with E-state index in [4.69, 9.17) is 0 Å². The van der Waals surface area contributed by atoms with Gasteiger partial charge in [-0.25, -0.2) is 0 Å². The molecule has 1 aliphatic heterocycles. The van der Waals surface area contributed by atoms with E-state index in [1.54, 1.807) is 0 Å². The predicted octanol–water partition coefficient (Wildman–Crippen LogP) is 2.18. The van der Waals surface area contributed by atoms with E-state index in [1.165, 1.54) is 45.2 Å². The van der Waals surface area contributed by atoms with Crippen LogP contribution in [0.3, 0.4) is 0 Å². The predicted molar refractivity (Wildman–Crippen MR) is 45.1 cm³/mol. The van der Waals surface area contributed by atoms with Crippen LogP contribution in [0.25, 0.3) is 0 Å². The van der Waals surface area contributed by atoms with Crippen molar-refractivity contribution in [2.45, 2.75) is 39.5 Å². The van der Waals surface area contributed by atoms with Crippen molar-refractivity contribution >= 4 is 0 Å². The molecule has 1 N–H and O–H groups in total. The van der Waals surface area contributed by atoms with Crippen molar-refractivity contribution in [3.8, 4) is 0 Å². The highest BCUT2D eigenvalue weighted by molar-refractivity contribution is 4.90. The largest absolute Gasteiger partial charge is 0.317 e. The maximum absolute atomic E-state index is 3.41. The minimum absolute atomic E-state index is 0. The van der Waals surface area contributed by atoms with Crippen molar-refractivity contribution in [2.75, 3.05) is 13.1 Å². The Morgan fingerprint density at radius 2 is 1.50 bits per heavy atom. The molecule has 2 aliphatic rings. The maximum atomic E-state index is 3.41. The van der Waals surface area contributed by atoms with Crippen LogP contribution in [0, 0.1) is 5.41 Å². The van der Waals surface area contributed by atoms with Crippen molar-refractivity contribution in [3.05, 3.63) is 0 Å². The summed E-state index contributed by atoms with van der Waals surface area (Å²) in [5.74, 6) is 0. The van der Waals surface area contributed by atoms with Gasteiger partial charge in [-0.1, -0.05) is 13.8 Å². The van der Waals surface area contributed by atoms with Crippen LogP contribution < -0.4 is 5.32 Å². The lowest BCUT2D eigenvalue weighted by molar-refractivity contribution is 0.0864. The van der Waals surface area contributed by atoms with Gasteiger partial charge in [-0.2, -0.15) is 0 Å². The lowest BCUT2D eigenvalue weighted by atomic mass is 9.63. The summed E-state index contributed by atoms with van der Waals surface area (Å²) in [7, 11) is 0. The SMILES string of the molecule is C.C1CC2(C1)CCNCC2. The van der Waals surface area contributed by atoms with Crippen LogP contribution in [0.15, 0.2) is 0 Å². The standard InChI is InChI=1S/C8H15N.CH4/c1-2-8(3-1)4-6-9-7-5-8;/h9H,1-7H2;1H4. The third-order valence-corrected chi connectivity index (χ3v) is 3.08. The van der Waals surface area contributed by atoms with Gasteiger partial charge < -0.3 is 5.32 Å². The summed E-state index contributed by atoms with van der Waals surface area (Å²) in [6, 6.07) is 0. The molecule has 0 aromatic heterocycles. The van der Waals surface area contributed by atoms with E-state index >= 15 is 0 Å². The van der Waals surface area contributed by atoms with Gasteiger partial charge in [-0.3, -0.25) is 0 Å². The molecule has 1 spiro atoms. The lowest BCUT2D eigenvalue weighted by Gasteiger charge is -2.45. The molecule has 0 atom stereocenters. The molecule has 2 fully saturated rings. The molecule has 1 nitrogen and oxygen atoms in total. The molecule has 0 bridgehead atoms. The summed E-state index contributed by atoms with van der Waals surface area (Å²) in [6.45, 7) is 2.56. The smallest absolute Gasteiger partial charge is 0.00436 e. The molecule has 0 amide bonds. The molecular formula is C9H19N. The number of nitrogens with one attached hydrogen (secondary N) is 1. The van der Waals surface area contributed by atoms with Gasteiger partial charge in [0.05, 0.1) is 0 Å². The fourth-order valence-corrected chi connectivity index (χ4v) is 2.13. The Hall–Kier alpha value is -0.0400. The molecule has 1 aliphatic carbocycles. The average Bonchev–Trinajstić information content (AvgIpc) is 1.87. The first-order valence-electron chi connectivity index (χ1n) is 4.12. The maximum Gasteiger partial charge on any atom is -0.00436 e. The zero-order chi connectivity index (χ0) is 6.16. The molecule has 1 heteroatoms. The van der Waals surface area contributed by atoms with Crippen LogP contribution in [-0.2, 0) is 0 Å². The molecule has 0 radical (unpaired) electrons. The van der Waals surface area contributed by atoms with E-state index < -0.39 is 0 Å². The van der Waals surface area contributed by atoms with E-state index in [0.717, 1.165) is 5.41 Å². The molecule has 0 aromatic rings. The Morgan fingerprint density at radius 1 is 0.900 bits per heavy atom. The molecule has 10 heavy (non-hydrogen) atoms. The highest BCUT2D eigenvalue weighted by atomic mass is 14.9. The molecule has 0 unspecified atom stereocenters. The Kier molecular flexibility index (Phi) is 2.35. The fourth-order valence-electron chi connectivity index (χ4n) is 2.13. The summed E-state index contributed by atoms with van der Waals surface area (Å²) < 4.78 is 0. The van der Waals surface area contributed by atoms with Crippen molar-refractivity contribution in [1.29, 1.82) is 0 Å². The van der Waals surface area contributed by atoms with Crippen molar-refractivity contribution in [1.82, 2.24) is 5.32 Å². The molecular weight excluding hydrogens is 122 g/mol. The highest BCUT2D eigenvalue weighted by Gasteiger charge is 2.37. The summed E-state index contributed by atoms with van der Waals surface area (Å²) in [5.41, 5.74) is 0.839. The topological polar surface area (TPSA) is 12.0 Å². The molecule has 1 saturated heterocycles. The van der Waals surface area contributed by atoms with Crippen LogP contribution >= 0.6 is 0 Å². The van der Waals surface area contributed by atoms with E-state index in [2.05, 4.69) is 5.32 Å². The first-order valence-corrected chi connectivity index (χ1v) is 4.12. The van der Waals surface area contributed by atoms with E-state index in [-0.39, 0.29) is 7.43 Å². The van der Waals surface area contributed by atoms with Crippen LogP contribution in [0.2, 0.25) is 0 Å².